The number of anilines is 2. The van der Waals surface area contributed by atoms with Crippen LogP contribution in [0.3, 0.4) is 0 Å². The normalized spacial score (nSPS) is 17.4. The molecule has 1 aliphatic heterocycles. The van der Waals surface area contributed by atoms with Gasteiger partial charge >= 0.3 is 0 Å². The summed E-state index contributed by atoms with van der Waals surface area (Å²) in [5.74, 6) is -1.10. The average Bonchev–Trinajstić information content (AvgIpc) is 2.94. The van der Waals surface area contributed by atoms with E-state index in [1.54, 1.807) is 12.1 Å². The number of nitrogens with one attached hydrogen (secondary N) is 1. The van der Waals surface area contributed by atoms with Crippen molar-refractivity contribution in [2.75, 3.05) is 36.7 Å². The van der Waals surface area contributed by atoms with E-state index in [0.29, 0.717) is 27.2 Å². The molecule has 0 radical (unpaired) electrons. The van der Waals surface area contributed by atoms with E-state index in [0.717, 1.165) is 0 Å². The molecule has 11 heteroatoms. The van der Waals surface area contributed by atoms with Crippen molar-refractivity contribution >= 4 is 44.8 Å². The van der Waals surface area contributed by atoms with Crippen LogP contribution in [0.1, 0.15) is 17.3 Å². The lowest BCUT2D eigenvalue weighted by Gasteiger charge is -2.18. The second-order valence-corrected chi connectivity index (χ2v) is 9.09. The van der Waals surface area contributed by atoms with E-state index in [2.05, 4.69) is 5.32 Å². The monoisotopic (exact) mass is 468 g/mol. The lowest BCUT2D eigenvalue weighted by molar-refractivity contribution is -0.119. The van der Waals surface area contributed by atoms with Crippen LogP contribution in [-0.4, -0.2) is 47.3 Å². The first-order valence-corrected chi connectivity index (χ1v) is 11.1. The number of methoxy groups -OCH3 is 3. The summed E-state index contributed by atoms with van der Waals surface area (Å²) in [6.07, 6.45) is 0. The Morgan fingerprint density at radius 3 is 2.19 bits per heavy atom. The van der Waals surface area contributed by atoms with Crippen LogP contribution in [-0.2, 0) is 14.8 Å². The molecule has 1 heterocycles. The Labute approximate surface area is 184 Å². The summed E-state index contributed by atoms with van der Waals surface area (Å²) in [4.78, 5) is 25.2. The molecule has 1 N–H and O–H groups in total. The van der Waals surface area contributed by atoms with E-state index >= 15 is 0 Å². The zero-order valence-corrected chi connectivity index (χ0v) is 18.8. The number of rotatable bonds is 6. The largest absolute Gasteiger partial charge is 0.493 e. The van der Waals surface area contributed by atoms with E-state index < -0.39 is 27.8 Å². The number of carbonyl (C=O) groups excluding carboxylic acids is 2. The molecule has 1 atom stereocenters. The smallest absolute Gasteiger partial charge is 0.255 e. The molecule has 9 nitrogen and oxygen atoms in total. The third-order valence-corrected chi connectivity index (χ3v) is 6.88. The highest BCUT2D eigenvalue weighted by atomic mass is 35.5. The maximum atomic E-state index is 12.8. The van der Waals surface area contributed by atoms with Crippen molar-refractivity contribution in [1.82, 2.24) is 0 Å². The molecule has 31 heavy (non-hydrogen) atoms. The first-order chi connectivity index (χ1) is 14.6. The van der Waals surface area contributed by atoms with Gasteiger partial charge in [0.25, 0.3) is 5.91 Å². The maximum Gasteiger partial charge on any atom is 0.255 e. The number of amides is 2. The minimum Gasteiger partial charge on any atom is -0.493 e. The van der Waals surface area contributed by atoms with Crippen LogP contribution in [0.2, 0.25) is 5.02 Å². The number of ether oxygens (including phenoxy) is 3. The summed E-state index contributed by atoms with van der Waals surface area (Å²) in [6.45, 7) is 1.52. The average molecular weight is 469 g/mol. The molecule has 1 saturated heterocycles. The fourth-order valence-electron chi connectivity index (χ4n) is 3.23. The molecule has 0 aliphatic carbocycles. The maximum absolute atomic E-state index is 12.8. The van der Waals surface area contributed by atoms with Crippen molar-refractivity contribution in [3.05, 3.63) is 40.9 Å². The van der Waals surface area contributed by atoms with Gasteiger partial charge in [0, 0.05) is 23.4 Å². The quantitative estimate of drug-likeness (QED) is 0.693. The van der Waals surface area contributed by atoms with E-state index in [1.807, 2.05) is 0 Å². The third-order valence-electron chi connectivity index (χ3n) is 4.71. The number of benzene rings is 2. The van der Waals surface area contributed by atoms with Gasteiger partial charge in [-0.05, 0) is 18.2 Å². The highest BCUT2D eigenvalue weighted by molar-refractivity contribution is 7.94. The number of nitrogens with zero attached hydrogens (tertiary/aromatic N) is 1. The fourth-order valence-corrected chi connectivity index (χ4v) is 5.31. The predicted molar refractivity (Wildman–Crippen MR) is 116 cm³/mol. The standard InChI is InChI=1S/C20H21ClN2O7S/c1-11-10-31(26,27)23(20(11)25)15-7-12(5-6-14(15)21)19(24)22-13-8-16(28-2)18(30-4)17(9-13)29-3/h5-9,11H,10H2,1-4H3,(H,22,24). The second-order valence-electron chi connectivity index (χ2n) is 6.82. The molecular weight excluding hydrogens is 448 g/mol. The van der Waals surface area contributed by atoms with Gasteiger partial charge in [0.05, 0.1) is 43.7 Å². The SMILES string of the molecule is COc1cc(NC(=O)c2ccc(Cl)c(N3C(=O)C(C)CS3(=O)=O)c2)cc(OC)c1OC. The van der Waals surface area contributed by atoms with E-state index in [9.17, 15) is 18.0 Å². The second kappa shape index (κ2) is 8.64. The van der Waals surface area contributed by atoms with E-state index in [4.69, 9.17) is 25.8 Å². The van der Waals surface area contributed by atoms with E-state index in [-0.39, 0.29) is 22.0 Å². The van der Waals surface area contributed by atoms with Crippen LogP contribution in [0.15, 0.2) is 30.3 Å². The first kappa shape index (κ1) is 22.7. The molecular formula is C20H21ClN2O7S. The van der Waals surface area contributed by atoms with Gasteiger partial charge in [-0.1, -0.05) is 18.5 Å². The summed E-state index contributed by atoms with van der Waals surface area (Å²) in [6, 6.07) is 7.16. The topological polar surface area (TPSA) is 111 Å². The predicted octanol–water partition coefficient (Wildman–Crippen LogP) is 2.93. The summed E-state index contributed by atoms with van der Waals surface area (Å²) >= 11 is 6.16. The van der Waals surface area contributed by atoms with Crippen LogP contribution in [0.4, 0.5) is 11.4 Å². The van der Waals surface area contributed by atoms with E-state index in [1.165, 1.54) is 46.5 Å². The zero-order valence-electron chi connectivity index (χ0n) is 17.3. The zero-order chi connectivity index (χ0) is 22.9. The molecule has 0 bridgehead atoms. The Hall–Kier alpha value is -2.98. The van der Waals surface area contributed by atoms with Gasteiger partial charge in [0.1, 0.15) is 0 Å². The molecule has 2 aromatic rings. The van der Waals surface area contributed by atoms with Crippen molar-refractivity contribution in [2.24, 2.45) is 5.92 Å². The Morgan fingerprint density at radius 2 is 1.71 bits per heavy atom. The molecule has 0 saturated carbocycles. The van der Waals surface area contributed by atoms with Crippen LogP contribution in [0.5, 0.6) is 17.2 Å². The number of carbonyl (C=O) groups is 2. The van der Waals surface area contributed by atoms with Gasteiger partial charge in [-0.15, -0.1) is 0 Å². The first-order valence-electron chi connectivity index (χ1n) is 9.10. The van der Waals surface area contributed by atoms with Crippen LogP contribution < -0.4 is 23.8 Å². The number of halogens is 1. The van der Waals surface area contributed by atoms with Crippen molar-refractivity contribution in [2.45, 2.75) is 6.92 Å². The Balaban J connectivity index is 1.96. The minimum atomic E-state index is -3.87. The number of sulfonamides is 1. The molecule has 2 amide bonds. The van der Waals surface area contributed by atoms with Gasteiger partial charge in [-0.2, -0.15) is 0 Å². The van der Waals surface area contributed by atoms with Gasteiger partial charge < -0.3 is 19.5 Å². The molecule has 1 unspecified atom stereocenters. The number of hydrogen-bond acceptors (Lipinski definition) is 7. The van der Waals surface area contributed by atoms with Crippen LogP contribution in [0.25, 0.3) is 0 Å². The molecule has 3 rings (SSSR count). The Bertz CT molecular complexity index is 1130. The van der Waals surface area contributed by atoms with Crippen molar-refractivity contribution < 1.29 is 32.2 Å². The highest BCUT2D eigenvalue weighted by Gasteiger charge is 2.43. The summed E-state index contributed by atoms with van der Waals surface area (Å²) in [5.41, 5.74) is 0.402. The summed E-state index contributed by atoms with van der Waals surface area (Å²) in [7, 11) is 0.488. The summed E-state index contributed by atoms with van der Waals surface area (Å²) in [5, 5.41) is 2.72. The fraction of sp³-hybridized carbons (Fsp3) is 0.300. The molecule has 1 fully saturated rings. The van der Waals surface area contributed by atoms with Gasteiger partial charge in [-0.25, -0.2) is 12.7 Å². The van der Waals surface area contributed by atoms with Crippen molar-refractivity contribution in [3.63, 3.8) is 0 Å². The molecule has 2 aromatic carbocycles. The molecule has 166 valence electrons. The molecule has 0 aromatic heterocycles. The lowest BCUT2D eigenvalue weighted by Crippen LogP contribution is -2.30. The molecule has 1 aliphatic rings. The van der Waals surface area contributed by atoms with Crippen LogP contribution in [0, 0.1) is 5.92 Å². The lowest BCUT2D eigenvalue weighted by atomic mass is 10.1. The highest BCUT2D eigenvalue weighted by Crippen LogP contribution is 2.40. The Kier molecular flexibility index (Phi) is 6.33. The minimum absolute atomic E-state index is 0.0374. The number of hydrogen-bond donors (Lipinski definition) is 1. The Morgan fingerprint density at radius 1 is 1.10 bits per heavy atom. The third kappa shape index (κ3) is 4.26. The van der Waals surface area contributed by atoms with Gasteiger partial charge in [-0.3, -0.25) is 9.59 Å². The van der Waals surface area contributed by atoms with Gasteiger partial charge in [0.2, 0.25) is 21.7 Å². The van der Waals surface area contributed by atoms with Crippen molar-refractivity contribution in [1.29, 1.82) is 0 Å². The van der Waals surface area contributed by atoms with Crippen LogP contribution >= 0.6 is 11.6 Å². The van der Waals surface area contributed by atoms with Crippen molar-refractivity contribution in [3.8, 4) is 17.2 Å². The van der Waals surface area contributed by atoms with Gasteiger partial charge in [0.15, 0.2) is 11.5 Å². The summed E-state index contributed by atoms with van der Waals surface area (Å²) < 4.78 is 41.3. The molecule has 0 spiro atoms.